The maximum atomic E-state index is 6.16. The Morgan fingerprint density at radius 2 is 1.95 bits per heavy atom. The molecule has 0 N–H and O–H groups in total. The van der Waals surface area contributed by atoms with Crippen LogP contribution >= 0.6 is 11.6 Å². The van der Waals surface area contributed by atoms with Crippen molar-refractivity contribution in [3.63, 3.8) is 0 Å². The molecule has 1 aliphatic rings. The molecule has 106 valence electrons. The van der Waals surface area contributed by atoms with Crippen LogP contribution in [-0.2, 0) is 16.8 Å². The number of aromatic nitrogens is 2. The summed E-state index contributed by atoms with van der Waals surface area (Å²) in [6.07, 6.45) is 7.65. The number of hydrogen-bond donors (Lipinski definition) is 0. The highest BCUT2D eigenvalue weighted by Gasteiger charge is 2.37. The molecule has 0 amide bonds. The summed E-state index contributed by atoms with van der Waals surface area (Å²) in [5.41, 5.74) is 0.725. The maximum absolute atomic E-state index is 6.16. The van der Waals surface area contributed by atoms with E-state index >= 15 is 0 Å². The van der Waals surface area contributed by atoms with Crippen LogP contribution in [-0.4, -0.2) is 16.6 Å². The van der Waals surface area contributed by atoms with Crippen LogP contribution in [0, 0.1) is 0 Å². The van der Waals surface area contributed by atoms with E-state index < -0.39 is 0 Å². The minimum absolute atomic E-state index is 0.305. The molecule has 1 saturated carbocycles. The lowest BCUT2D eigenvalue weighted by Gasteiger charge is -2.35. The van der Waals surface area contributed by atoms with E-state index in [0.717, 1.165) is 37.2 Å². The molecule has 0 radical (unpaired) electrons. The van der Waals surface area contributed by atoms with Crippen molar-refractivity contribution in [1.82, 2.24) is 9.97 Å². The van der Waals surface area contributed by atoms with E-state index in [-0.39, 0.29) is 5.60 Å². The minimum atomic E-state index is -0.305. The van der Waals surface area contributed by atoms with Crippen LogP contribution in [0.5, 0.6) is 0 Å². The van der Waals surface area contributed by atoms with Crippen molar-refractivity contribution in [2.75, 3.05) is 6.61 Å². The molecule has 4 heteroatoms. The lowest BCUT2D eigenvalue weighted by molar-refractivity contribution is -0.0768. The number of aryl methyl sites for hydroxylation is 1. The van der Waals surface area contributed by atoms with Crippen LogP contribution in [0.25, 0.3) is 0 Å². The summed E-state index contributed by atoms with van der Waals surface area (Å²) in [5, 5.41) is 0.540. The summed E-state index contributed by atoms with van der Waals surface area (Å²) < 4.78 is 6.06. The summed E-state index contributed by atoms with van der Waals surface area (Å²) >= 11 is 6.16. The van der Waals surface area contributed by atoms with Gasteiger partial charge < -0.3 is 4.74 Å². The van der Waals surface area contributed by atoms with Gasteiger partial charge in [-0.2, -0.15) is 0 Å². The first-order valence-electron chi connectivity index (χ1n) is 7.38. The summed E-state index contributed by atoms with van der Waals surface area (Å²) in [7, 11) is 0. The van der Waals surface area contributed by atoms with E-state index in [1.807, 2.05) is 13.0 Å². The van der Waals surface area contributed by atoms with Crippen LogP contribution in [0.4, 0.5) is 0 Å². The first-order valence-corrected chi connectivity index (χ1v) is 7.76. The van der Waals surface area contributed by atoms with Crippen LogP contribution in [0.1, 0.15) is 63.9 Å². The predicted octanol–water partition coefficient (Wildman–Crippen LogP) is 4.28. The third kappa shape index (κ3) is 3.46. The molecule has 0 unspecified atom stereocenters. The van der Waals surface area contributed by atoms with Crippen molar-refractivity contribution in [3.05, 3.63) is 22.7 Å². The normalized spacial score (nSPS) is 18.5. The lowest BCUT2D eigenvalue weighted by atomic mass is 9.83. The highest BCUT2D eigenvalue weighted by atomic mass is 35.5. The Morgan fingerprint density at radius 3 is 2.58 bits per heavy atom. The molecule has 2 rings (SSSR count). The predicted molar refractivity (Wildman–Crippen MR) is 77.4 cm³/mol. The number of rotatable bonds is 5. The van der Waals surface area contributed by atoms with Gasteiger partial charge in [0.1, 0.15) is 10.8 Å². The molecule has 1 aliphatic carbocycles. The van der Waals surface area contributed by atoms with Crippen molar-refractivity contribution in [3.8, 4) is 0 Å². The molecule has 1 fully saturated rings. The summed E-state index contributed by atoms with van der Waals surface area (Å²) in [4.78, 5) is 9.18. The van der Waals surface area contributed by atoms with Gasteiger partial charge in [-0.3, -0.25) is 0 Å². The molecule has 1 heterocycles. The third-order valence-electron chi connectivity index (χ3n) is 3.74. The van der Waals surface area contributed by atoms with Crippen molar-refractivity contribution in [1.29, 1.82) is 0 Å². The number of halogens is 1. The topological polar surface area (TPSA) is 35.0 Å². The number of ether oxygens (including phenoxy) is 1. The van der Waals surface area contributed by atoms with Crippen molar-refractivity contribution in [2.24, 2.45) is 0 Å². The van der Waals surface area contributed by atoms with E-state index in [4.69, 9.17) is 21.3 Å². The van der Waals surface area contributed by atoms with Crippen LogP contribution in [0.2, 0.25) is 5.15 Å². The Hall–Kier alpha value is -0.670. The average molecular weight is 283 g/mol. The van der Waals surface area contributed by atoms with Crippen LogP contribution in [0.3, 0.4) is 0 Å². The molecule has 1 aromatic heterocycles. The molecular weight excluding hydrogens is 260 g/mol. The van der Waals surface area contributed by atoms with Crippen LogP contribution < -0.4 is 0 Å². The van der Waals surface area contributed by atoms with Gasteiger partial charge in [0, 0.05) is 12.3 Å². The second kappa shape index (κ2) is 6.67. The Balaban J connectivity index is 2.34. The van der Waals surface area contributed by atoms with Crippen molar-refractivity contribution in [2.45, 2.75) is 64.4 Å². The zero-order valence-electron chi connectivity index (χ0n) is 11.9. The summed E-state index contributed by atoms with van der Waals surface area (Å²) in [5.74, 6) is 0.796. The highest BCUT2D eigenvalue weighted by molar-refractivity contribution is 6.29. The Morgan fingerprint density at radius 1 is 1.21 bits per heavy atom. The van der Waals surface area contributed by atoms with E-state index in [1.165, 1.54) is 19.3 Å². The van der Waals surface area contributed by atoms with Crippen molar-refractivity contribution < 1.29 is 4.74 Å². The molecule has 19 heavy (non-hydrogen) atoms. The molecule has 3 nitrogen and oxygen atoms in total. The van der Waals surface area contributed by atoms with E-state index in [1.54, 1.807) is 0 Å². The van der Waals surface area contributed by atoms with Gasteiger partial charge >= 0.3 is 0 Å². The molecule has 0 aliphatic heterocycles. The zero-order valence-corrected chi connectivity index (χ0v) is 12.7. The second-order valence-corrected chi connectivity index (χ2v) is 5.63. The van der Waals surface area contributed by atoms with Gasteiger partial charge in [0.25, 0.3) is 0 Å². The third-order valence-corrected chi connectivity index (χ3v) is 3.94. The largest absolute Gasteiger partial charge is 0.367 e. The molecule has 0 saturated heterocycles. The van der Waals surface area contributed by atoms with Gasteiger partial charge in [-0.05, 0) is 32.3 Å². The quantitative estimate of drug-likeness (QED) is 0.756. The molecular formula is C15H23ClN2O. The Kier molecular flexibility index (Phi) is 5.17. The number of hydrogen-bond acceptors (Lipinski definition) is 3. The van der Waals surface area contributed by atoms with E-state index in [0.29, 0.717) is 11.8 Å². The average Bonchev–Trinajstić information content (AvgIpc) is 2.40. The maximum Gasteiger partial charge on any atom is 0.162 e. The summed E-state index contributed by atoms with van der Waals surface area (Å²) in [6.45, 7) is 4.88. The fourth-order valence-corrected chi connectivity index (χ4v) is 3.09. The lowest BCUT2D eigenvalue weighted by Crippen LogP contribution is -2.34. The van der Waals surface area contributed by atoms with E-state index in [9.17, 15) is 0 Å². The standard InChI is InChI=1S/C15H23ClN2O/c1-3-8-12-11-13(16)18-14(17-12)15(19-4-2)9-6-5-7-10-15/h11H,3-10H2,1-2H3. The van der Waals surface area contributed by atoms with Gasteiger partial charge in [-0.1, -0.05) is 44.2 Å². The van der Waals surface area contributed by atoms with E-state index in [2.05, 4.69) is 11.9 Å². The molecule has 0 spiro atoms. The number of nitrogens with zero attached hydrogens (tertiary/aromatic N) is 2. The molecule has 0 bridgehead atoms. The minimum Gasteiger partial charge on any atom is -0.367 e. The first kappa shape index (κ1) is 14.7. The SMILES string of the molecule is CCCc1cc(Cl)nc(C2(OCC)CCCCC2)n1. The highest BCUT2D eigenvalue weighted by Crippen LogP contribution is 2.39. The smallest absolute Gasteiger partial charge is 0.162 e. The van der Waals surface area contributed by atoms with Gasteiger partial charge in [-0.15, -0.1) is 0 Å². The fraction of sp³-hybridized carbons (Fsp3) is 0.733. The van der Waals surface area contributed by atoms with Gasteiger partial charge in [0.15, 0.2) is 5.82 Å². The monoisotopic (exact) mass is 282 g/mol. The van der Waals surface area contributed by atoms with Crippen LogP contribution in [0.15, 0.2) is 6.07 Å². The summed E-state index contributed by atoms with van der Waals surface area (Å²) in [6, 6.07) is 1.87. The van der Waals surface area contributed by atoms with Gasteiger partial charge in [-0.25, -0.2) is 9.97 Å². The Bertz CT molecular complexity index is 411. The Labute approximate surface area is 120 Å². The molecule has 0 atom stereocenters. The van der Waals surface area contributed by atoms with Gasteiger partial charge in [0.2, 0.25) is 0 Å². The zero-order chi connectivity index (χ0) is 13.7. The van der Waals surface area contributed by atoms with Gasteiger partial charge in [0.05, 0.1) is 0 Å². The first-order chi connectivity index (χ1) is 9.20. The molecule has 1 aromatic rings. The fourth-order valence-electron chi connectivity index (χ4n) is 2.88. The van der Waals surface area contributed by atoms with Crippen molar-refractivity contribution >= 4 is 11.6 Å². The second-order valence-electron chi connectivity index (χ2n) is 5.24. The molecule has 0 aromatic carbocycles.